The van der Waals surface area contributed by atoms with Crippen LogP contribution in [0.2, 0.25) is 0 Å². The van der Waals surface area contributed by atoms with E-state index in [1.807, 2.05) is 36.4 Å². The first kappa shape index (κ1) is 9.87. The molecule has 0 saturated carbocycles. The number of hydrogen-bond acceptors (Lipinski definition) is 3. The zero-order chi connectivity index (χ0) is 11.2. The molecule has 0 amide bonds. The number of fused-ring (bicyclic) bond motifs is 1. The number of ether oxygens (including phenoxy) is 2. The van der Waals surface area contributed by atoms with E-state index in [0.717, 1.165) is 5.56 Å². The van der Waals surface area contributed by atoms with Crippen LogP contribution < -0.4 is 0 Å². The van der Waals surface area contributed by atoms with Crippen LogP contribution in [0, 0.1) is 5.92 Å². The van der Waals surface area contributed by atoms with Gasteiger partial charge in [0.05, 0.1) is 18.3 Å². The summed E-state index contributed by atoms with van der Waals surface area (Å²) in [7, 11) is 0. The van der Waals surface area contributed by atoms with Crippen LogP contribution in [0.15, 0.2) is 42.7 Å². The lowest BCUT2D eigenvalue weighted by atomic mass is 9.80. The van der Waals surface area contributed by atoms with Gasteiger partial charge in [0, 0.05) is 0 Å². The maximum Gasteiger partial charge on any atom is 0.245 e. The molecule has 0 radical (unpaired) electrons. The number of hydrogen-bond donors (Lipinski definition) is 1. The highest BCUT2D eigenvalue weighted by atomic mass is 16.7. The van der Waals surface area contributed by atoms with Gasteiger partial charge in [-0.05, 0) is 18.6 Å². The second-order valence-electron chi connectivity index (χ2n) is 4.32. The van der Waals surface area contributed by atoms with Gasteiger partial charge in [0.15, 0.2) is 0 Å². The van der Waals surface area contributed by atoms with Gasteiger partial charge in [-0.1, -0.05) is 30.3 Å². The Bertz CT molecular complexity index is 412. The van der Waals surface area contributed by atoms with Crippen molar-refractivity contribution in [3.05, 3.63) is 48.2 Å². The Labute approximate surface area is 94.3 Å². The molecule has 0 spiro atoms. The first-order chi connectivity index (χ1) is 7.74. The van der Waals surface area contributed by atoms with Gasteiger partial charge in [-0.25, -0.2) is 0 Å². The minimum absolute atomic E-state index is 0.00505. The van der Waals surface area contributed by atoms with Crippen LogP contribution in [0.3, 0.4) is 0 Å². The predicted octanol–water partition coefficient (Wildman–Crippen LogP) is 2.00. The van der Waals surface area contributed by atoms with E-state index in [2.05, 4.69) is 0 Å². The van der Waals surface area contributed by atoms with Crippen LogP contribution >= 0.6 is 0 Å². The largest absolute Gasteiger partial charge is 0.467 e. The molecule has 1 aromatic rings. The van der Waals surface area contributed by atoms with Crippen LogP contribution in [0.25, 0.3) is 0 Å². The predicted molar refractivity (Wildman–Crippen MR) is 58.4 cm³/mol. The Hall–Kier alpha value is -1.32. The highest BCUT2D eigenvalue weighted by Crippen LogP contribution is 2.54. The van der Waals surface area contributed by atoms with E-state index < -0.39 is 11.9 Å². The lowest BCUT2D eigenvalue weighted by Crippen LogP contribution is -2.59. The van der Waals surface area contributed by atoms with E-state index in [4.69, 9.17) is 9.47 Å². The van der Waals surface area contributed by atoms with Crippen LogP contribution in [-0.2, 0) is 9.47 Å². The quantitative estimate of drug-likeness (QED) is 0.825. The molecule has 2 aliphatic rings. The van der Waals surface area contributed by atoms with Gasteiger partial charge in [-0.2, -0.15) is 0 Å². The monoisotopic (exact) mass is 218 g/mol. The van der Waals surface area contributed by atoms with Crippen LogP contribution in [0.4, 0.5) is 0 Å². The smallest absolute Gasteiger partial charge is 0.245 e. The maximum absolute atomic E-state index is 9.71. The molecule has 1 N–H and O–H groups in total. The van der Waals surface area contributed by atoms with Crippen molar-refractivity contribution in [2.45, 2.75) is 24.9 Å². The van der Waals surface area contributed by atoms with Crippen LogP contribution in [-0.4, -0.2) is 17.0 Å². The molecule has 0 bridgehead atoms. The molecular weight excluding hydrogens is 204 g/mol. The van der Waals surface area contributed by atoms with Crippen molar-refractivity contribution >= 4 is 0 Å². The molecule has 16 heavy (non-hydrogen) atoms. The molecule has 84 valence electrons. The van der Waals surface area contributed by atoms with Gasteiger partial charge in [0.2, 0.25) is 5.79 Å². The molecule has 1 aromatic carbocycles. The lowest BCUT2D eigenvalue weighted by molar-refractivity contribution is -0.375. The Kier molecular flexibility index (Phi) is 2.06. The first-order valence-corrected chi connectivity index (χ1v) is 5.49. The normalized spacial score (nSPS) is 37.4. The summed E-state index contributed by atoms with van der Waals surface area (Å²) in [4.78, 5) is 0. The summed E-state index contributed by atoms with van der Waals surface area (Å²) in [5.41, 5.74) is 1.12. The molecule has 2 aliphatic heterocycles. The fourth-order valence-corrected chi connectivity index (χ4v) is 2.45. The average Bonchev–Trinajstić information content (AvgIpc) is 2.59. The summed E-state index contributed by atoms with van der Waals surface area (Å²) in [6.45, 7) is 1.70. The Morgan fingerprint density at radius 3 is 2.75 bits per heavy atom. The van der Waals surface area contributed by atoms with Gasteiger partial charge in [0.1, 0.15) is 6.10 Å². The van der Waals surface area contributed by atoms with Crippen molar-refractivity contribution in [3.63, 3.8) is 0 Å². The minimum Gasteiger partial charge on any atom is -0.467 e. The van der Waals surface area contributed by atoms with E-state index >= 15 is 0 Å². The van der Waals surface area contributed by atoms with Gasteiger partial charge >= 0.3 is 0 Å². The molecule has 1 saturated heterocycles. The van der Waals surface area contributed by atoms with Gasteiger partial charge in [-0.15, -0.1) is 0 Å². The van der Waals surface area contributed by atoms with E-state index in [1.165, 1.54) is 0 Å². The summed E-state index contributed by atoms with van der Waals surface area (Å²) in [6, 6.07) is 10.0. The highest BCUT2D eigenvalue weighted by molar-refractivity contribution is 5.26. The van der Waals surface area contributed by atoms with Crippen molar-refractivity contribution < 1.29 is 14.6 Å². The van der Waals surface area contributed by atoms with Gasteiger partial charge in [-0.3, -0.25) is 0 Å². The number of rotatable bonds is 2. The van der Waals surface area contributed by atoms with Crippen LogP contribution in [0.5, 0.6) is 0 Å². The van der Waals surface area contributed by atoms with Gasteiger partial charge < -0.3 is 14.6 Å². The van der Waals surface area contributed by atoms with Crippen molar-refractivity contribution in [2.24, 2.45) is 5.92 Å². The average molecular weight is 218 g/mol. The second kappa shape index (κ2) is 3.34. The topological polar surface area (TPSA) is 38.7 Å². The van der Waals surface area contributed by atoms with E-state index in [0.29, 0.717) is 0 Å². The zero-order valence-electron chi connectivity index (χ0n) is 9.04. The summed E-state index contributed by atoms with van der Waals surface area (Å²) >= 11 is 0. The van der Waals surface area contributed by atoms with Crippen LogP contribution in [0.1, 0.15) is 18.6 Å². The fourth-order valence-electron chi connectivity index (χ4n) is 2.45. The Balaban J connectivity index is 1.86. The Morgan fingerprint density at radius 1 is 1.31 bits per heavy atom. The van der Waals surface area contributed by atoms with Gasteiger partial charge in [0.25, 0.3) is 0 Å². The number of aliphatic hydroxyl groups is 1. The van der Waals surface area contributed by atoms with E-state index in [9.17, 15) is 5.11 Å². The third-order valence-corrected chi connectivity index (χ3v) is 3.35. The summed E-state index contributed by atoms with van der Waals surface area (Å²) < 4.78 is 11.2. The molecule has 0 aromatic heterocycles. The Morgan fingerprint density at radius 2 is 2.06 bits per heavy atom. The third-order valence-electron chi connectivity index (χ3n) is 3.35. The third kappa shape index (κ3) is 1.16. The van der Waals surface area contributed by atoms with Crippen molar-refractivity contribution in [1.29, 1.82) is 0 Å². The highest BCUT2D eigenvalue weighted by Gasteiger charge is 2.62. The molecule has 3 rings (SSSR count). The molecule has 1 fully saturated rings. The molecule has 4 atom stereocenters. The molecule has 0 aliphatic carbocycles. The zero-order valence-corrected chi connectivity index (χ0v) is 9.04. The number of aliphatic hydroxyl groups excluding tert-OH is 1. The molecule has 2 heterocycles. The first-order valence-electron chi connectivity index (χ1n) is 5.49. The SMILES string of the molecule is C[C@@H](O)[C@@]12OC=C[C@@H]1[C@@H](c1ccccc1)O2. The lowest BCUT2D eigenvalue weighted by Gasteiger charge is -2.50. The molecular formula is C13H14O3. The maximum atomic E-state index is 9.71. The molecule has 3 heteroatoms. The van der Waals surface area contributed by atoms with E-state index in [-0.39, 0.29) is 12.0 Å². The number of benzene rings is 1. The van der Waals surface area contributed by atoms with E-state index in [1.54, 1.807) is 13.2 Å². The molecule has 3 nitrogen and oxygen atoms in total. The van der Waals surface area contributed by atoms with Crippen molar-refractivity contribution in [1.82, 2.24) is 0 Å². The molecule has 0 unspecified atom stereocenters. The summed E-state index contributed by atoms with van der Waals surface area (Å²) in [5, 5.41) is 9.71. The fraction of sp³-hybridized carbons (Fsp3) is 0.385. The van der Waals surface area contributed by atoms with Crippen molar-refractivity contribution in [3.8, 4) is 0 Å². The second-order valence-corrected chi connectivity index (χ2v) is 4.32. The minimum atomic E-state index is -0.847. The summed E-state index contributed by atoms with van der Waals surface area (Å²) in [5.74, 6) is -0.740. The summed E-state index contributed by atoms with van der Waals surface area (Å²) in [6.07, 6.45) is 2.95. The van der Waals surface area contributed by atoms with Crippen molar-refractivity contribution in [2.75, 3.05) is 0 Å². The standard InChI is InChI=1S/C13H14O3/c1-9(14)13-11(7-8-15-13)12(16-13)10-5-3-2-4-6-10/h2-9,11-12,14H,1H3/t9-,11-,12-,13+/m1/s1.